The van der Waals surface area contributed by atoms with Crippen LogP contribution < -0.4 is 4.74 Å². The number of pyridine rings is 1. The Morgan fingerprint density at radius 2 is 1.59 bits per heavy atom. The van der Waals surface area contributed by atoms with Crippen molar-refractivity contribution in [1.82, 2.24) is 19.3 Å². The van der Waals surface area contributed by atoms with Gasteiger partial charge in [0.2, 0.25) is 0 Å². The van der Waals surface area contributed by atoms with Crippen molar-refractivity contribution in [3.8, 4) is 34.1 Å². The van der Waals surface area contributed by atoms with E-state index in [2.05, 4.69) is 156 Å². The fourth-order valence-electron chi connectivity index (χ4n) is 6.89. The Morgan fingerprint density at radius 3 is 2.29 bits per heavy atom. The number of nitrogens with zero attached hydrogens (tertiary/aromatic N) is 4. The van der Waals surface area contributed by atoms with E-state index in [-0.39, 0.29) is 26.5 Å². The number of ether oxygens (including phenoxy) is 1. The molecule has 0 N–H and O–H groups in total. The molecule has 0 aliphatic rings. The molecule has 0 saturated heterocycles. The minimum absolute atomic E-state index is 0. The predicted octanol–water partition coefficient (Wildman–Crippen LogP) is 12.0. The molecule has 3 aromatic heterocycles. The third kappa shape index (κ3) is 6.94. The molecular weight excluding hydrogens is 808 g/mol. The standard InChI is InChI=1S/C45H46N4O.Pt/c1-10-30(5)44-43(32-14-12-11-13-15-32)31(6)47-49(44)35-22-29(4)23-37(26-35)50-36-17-18-38-39-24-33(28(2)3)16-19-40(39)48(41(38)27-36)42-25-34(20-21-46-42)45(7,8)9;/h11-25,28,30H,10H2,1-9H3;/q-2;+2. The first-order chi connectivity index (χ1) is 23.9. The van der Waals surface area contributed by atoms with Gasteiger partial charge in [-0.2, -0.15) is 16.7 Å². The molecule has 1 atom stereocenters. The van der Waals surface area contributed by atoms with Crippen LogP contribution in [0.2, 0.25) is 0 Å². The summed E-state index contributed by atoms with van der Waals surface area (Å²) in [5, 5.41) is 7.38. The molecule has 0 spiro atoms. The summed E-state index contributed by atoms with van der Waals surface area (Å²) in [6, 6.07) is 37.2. The topological polar surface area (TPSA) is 44.9 Å². The minimum atomic E-state index is -0.0122. The summed E-state index contributed by atoms with van der Waals surface area (Å²) < 4.78 is 10.9. The van der Waals surface area contributed by atoms with Gasteiger partial charge >= 0.3 is 21.1 Å². The van der Waals surface area contributed by atoms with E-state index in [1.54, 1.807) is 0 Å². The van der Waals surface area contributed by atoms with Crippen LogP contribution in [0.25, 0.3) is 44.4 Å². The maximum atomic E-state index is 6.62. The normalized spacial score (nSPS) is 12.4. The van der Waals surface area contributed by atoms with Gasteiger partial charge in [0.15, 0.2) is 0 Å². The number of benzene rings is 4. The predicted molar refractivity (Wildman–Crippen MR) is 206 cm³/mol. The number of rotatable bonds is 8. The molecule has 5 nitrogen and oxygen atoms in total. The van der Waals surface area contributed by atoms with Gasteiger partial charge in [0.1, 0.15) is 5.82 Å². The van der Waals surface area contributed by atoms with Crippen LogP contribution in [0.5, 0.6) is 11.5 Å². The van der Waals surface area contributed by atoms with Gasteiger partial charge in [-0.15, -0.1) is 35.7 Å². The van der Waals surface area contributed by atoms with Gasteiger partial charge in [0, 0.05) is 28.8 Å². The molecular formula is C45H46N4OPt. The van der Waals surface area contributed by atoms with E-state index in [0.29, 0.717) is 23.3 Å². The number of hydrogen-bond acceptors (Lipinski definition) is 3. The van der Waals surface area contributed by atoms with E-state index in [9.17, 15) is 0 Å². The average molecular weight is 854 g/mol. The number of fused-ring (bicyclic) bond motifs is 3. The molecule has 0 amide bonds. The van der Waals surface area contributed by atoms with E-state index >= 15 is 0 Å². The van der Waals surface area contributed by atoms with Gasteiger partial charge in [0.25, 0.3) is 0 Å². The maximum Gasteiger partial charge on any atom is 2.00 e. The van der Waals surface area contributed by atoms with Crippen LogP contribution in [0.4, 0.5) is 0 Å². The van der Waals surface area contributed by atoms with E-state index in [1.165, 1.54) is 33.3 Å². The molecule has 0 bridgehead atoms. The molecule has 7 rings (SSSR count). The van der Waals surface area contributed by atoms with Crippen LogP contribution >= 0.6 is 0 Å². The van der Waals surface area contributed by atoms with Gasteiger partial charge in [-0.05, 0) is 76.6 Å². The zero-order chi connectivity index (χ0) is 35.3. The zero-order valence-electron chi connectivity index (χ0n) is 31.0. The molecule has 1 unspecified atom stereocenters. The van der Waals surface area contributed by atoms with Gasteiger partial charge < -0.3 is 9.30 Å². The third-order valence-electron chi connectivity index (χ3n) is 9.84. The molecule has 3 heterocycles. The minimum Gasteiger partial charge on any atom is -0.509 e. The second-order valence-electron chi connectivity index (χ2n) is 14.9. The van der Waals surface area contributed by atoms with Crippen LogP contribution in [0.15, 0.2) is 91.1 Å². The van der Waals surface area contributed by atoms with Crippen LogP contribution in [-0.2, 0) is 26.5 Å². The molecule has 4 aromatic carbocycles. The van der Waals surface area contributed by atoms with Crippen molar-refractivity contribution in [2.75, 3.05) is 0 Å². The molecule has 7 aromatic rings. The van der Waals surface area contributed by atoms with Crippen LogP contribution in [0.1, 0.15) is 94.8 Å². The summed E-state index contributed by atoms with van der Waals surface area (Å²) in [7, 11) is 0. The summed E-state index contributed by atoms with van der Waals surface area (Å²) in [6.07, 6.45) is 2.91. The second-order valence-corrected chi connectivity index (χ2v) is 14.9. The summed E-state index contributed by atoms with van der Waals surface area (Å²) >= 11 is 0. The smallest absolute Gasteiger partial charge is 0.509 e. The van der Waals surface area contributed by atoms with Crippen LogP contribution in [0.3, 0.4) is 0 Å². The SMILES string of the molecule is CCC(C)c1c(-c2ccccc2)c(C)nn1-c1[c-]c(Oc2[c-]c3c(cc2)c2cc(C(C)C)ccc2n3-c2cc(C(C)(C)C)ccn2)cc(C)c1.[Pt+2]. The Labute approximate surface area is 317 Å². The summed E-state index contributed by atoms with van der Waals surface area (Å²) in [5.41, 5.74) is 11.0. The second kappa shape index (κ2) is 14.3. The largest absolute Gasteiger partial charge is 2.00 e. The number of aromatic nitrogens is 4. The first-order valence-electron chi connectivity index (χ1n) is 17.8. The number of hydrogen-bond donors (Lipinski definition) is 0. The fraction of sp³-hybridized carbons (Fsp3) is 0.289. The Hall–Kier alpha value is -4.47. The molecule has 0 radical (unpaired) electrons. The van der Waals surface area contributed by atoms with Crippen molar-refractivity contribution >= 4 is 21.8 Å². The molecule has 0 fully saturated rings. The summed E-state index contributed by atoms with van der Waals surface area (Å²) in [6.45, 7) is 19.8. The third-order valence-corrected chi connectivity index (χ3v) is 9.84. The quantitative estimate of drug-likeness (QED) is 0.143. The monoisotopic (exact) mass is 853 g/mol. The van der Waals surface area contributed by atoms with E-state index in [0.717, 1.165) is 45.6 Å². The van der Waals surface area contributed by atoms with Gasteiger partial charge in [0.05, 0.1) is 11.4 Å². The van der Waals surface area contributed by atoms with Crippen molar-refractivity contribution in [2.24, 2.45) is 0 Å². The number of aryl methyl sites for hydroxylation is 2. The van der Waals surface area contributed by atoms with Gasteiger partial charge in [-0.25, -0.2) is 4.98 Å². The first-order valence-corrected chi connectivity index (χ1v) is 17.8. The van der Waals surface area contributed by atoms with Crippen molar-refractivity contribution in [3.05, 3.63) is 131 Å². The fourth-order valence-corrected chi connectivity index (χ4v) is 6.89. The van der Waals surface area contributed by atoms with E-state index in [1.807, 2.05) is 18.3 Å². The average Bonchev–Trinajstić information content (AvgIpc) is 3.61. The molecule has 262 valence electrons. The molecule has 51 heavy (non-hydrogen) atoms. The van der Waals surface area contributed by atoms with Crippen molar-refractivity contribution in [1.29, 1.82) is 0 Å². The molecule has 0 aliphatic carbocycles. The first kappa shape index (κ1) is 36.3. The Kier molecular flexibility index (Phi) is 10.2. The Bertz CT molecular complexity index is 2340. The summed E-state index contributed by atoms with van der Waals surface area (Å²) in [5.74, 6) is 2.82. The van der Waals surface area contributed by atoms with Crippen molar-refractivity contribution in [3.63, 3.8) is 0 Å². The van der Waals surface area contributed by atoms with E-state index < -0.39 is 0 Å². The Morgan fingerprint density at radius 1 is 0.824 bits per heavy atom. The molecule has 6 heteroatoms. The summed E-state index contributed by atoms with van der Waals surface area (Å²) in [4.78, 5) is 4.87. The van der Waals surface area contributed by atoms with Gasteiger partial charge in [-0.1, -0.05) is 103 Å². The van der Waals surface area contributed by atoms with Crippen LogP contribution in [-0.4, -0.2) is 19.3 Å². The van der Waals surface area contributed by atoms with Crippen molar-refractivity contribution in [2.45, 2.75) is 86.0 Å². The maximum absolute atomic E-state index is 6.62. The van der Waals surface area contributed by atoms with Gasteiger partial charge in [-0.3, -0.25) is 4.68 Å². The van der Waals surface area contributed by atoms with Crippen molar-refractivity contribution < 1.29 is 25.8 Å². The zero-order valence-corrected chi connectivity index (χ0v) is 33.3. The Balaban J connectivity index is 0.00000448. The molecule has 0 aliphatic heterocycles. The molecule has 0 saturated carbocycles. The van der Waals surface area contributed by atoms with E-state index in [4.69, 9.17) is 14.8 Å². The van der Waals surface area contributed by atoms with Crippen LogP contribution in [0, 0.1) is 26.0 Å².